The van der Waals surface area contributed by atoms with Crippen molar-refractivity contribution in [2.45, 2.75) is 0 Å². The van der Waals surface area contributed by atoms with Gasteiger partial charge in [0.2, 0.25) is 0 Å². The number of hydrogen-bond acceptors (Lipinski definition) is 1. The molecule has 0 saturated carbocycles. The highest BCUT2D eigenvalue weighted by atomic mass is 35.5. The van der Waals surface area contributed by atoms with Crippen LogP contribution < -0.4 is 0 Å². The van der Waals surface area contributed by atoms with E-state index in [1.807, 2.05) is 0 Å². The molecule has 0 bridgehead atoms. The maximum absolute atomic E-state index is 13.6. The lowest BCUT2D eigenvalue weighted by atomic mass is 9.99. The van der Waals surface area contributed by atoms with Crippen molar-refractivity contribution in [2.75, 3.05) is 0 Å². The molecule has 0 radical (unpaired) electrons. The zero-order chi connectivity index (χ0) is 13.3. The highest BCUT2D eigenvalue weighted by Gasteiger charge is 2.15. The Bertz CT molecular complexity index is 626. The second kappa shape index (κ2) is 4.74. The van der Waals surface area contributed by atoms with E-state index >= 15 is 0 Å². The number of rotatable bonds is 2. The van der Waals surface area contributed by atoms with Crippen LogP contribution in [0.4, 0.5) is 8.78 Å². The Hall–Kier alpha value is -1.94. The van der Waals surface area contributed by atoms with Gasteiger partial charge in [-0.1, -0.05) is 17.7 Å². The van der Waals surface area contributed by atoms with E-state index in [1.54, 1.807) is 0 Å². The molecule has 0 fully saturated rings. The van der Waals surface area contributed by atoms with Crippen LogP contribution in [0.1, 0.15) is 10.4 Å². The van der Waals surface area contributed by atoms with Crippen molar-refractivity contribution in [3.05, 3.63) is 58.6 Å². The molecule has 0 unspecified atom stereocenters. The molecule has 0 amide bonds. The second-order valence-electron chi connectivity index (χ2n) is 3.62. The predicted octanol–water partition coefficient (Wildman–Crippen LogP) is 3.98. The summed E-state index contributed by atoms with van der Waals surface area (Å²) in [6.45, 7) is 0. The number of aromatic carboxylic acids is 1. The molecule has 2 aromatic carbocycles. The number of carbonyl (C=O) groups is 1. The van der Waals surface area contributed by atoms with E-state index in [2.05, 4.69) is 0 Å². The zero-order valence-electron chi connectivity index (χ0n) is 8.95. The van der Waals surface area contributed by atoms with Crippen LogP contribution in [0.2, 0.25) is 5.02 Å². The monoisotopic (exact) mass is 268 g/mol. The summed E-state index contributed by atoms with van der Waals surface area (Å²) >= 11 is 5.69. The van der Waals surface area contributed by atoms with E-state index < -0.39 is 17.6 Å². The Morgan fingerprint density at radius 1 is 1.06 bits per heavy atom. The molecule has 2 nitrogen and oxygen atoms in total. The minimum absolute atomic E-state index is 0.0869. The van der Waals surface area contributed by atoms with Gasteiger partial charge in [0.1, 0.15) is 11.6 Å². The van der Waals surface area contributed by atoms with E-state index in [1.165, 1.54) is 18.2 Å². The molecular formula is C13H7ClF2O2. The molecule has 0 spiro atoms. The van der Waals surface area contributed by atoms with Gasteiger partial charge in [0.25, 0.3) is 0 Å². The van der Waals surface area contributed by atoms with Crippen molar-refractivity contribution in [1.82, 2.24) is 0 Å². The Morgan fingerprint density at radius 3 is 2.44 bits per heavy atom. The van der Waals surface area contributed by atoms with Crippen LogP contribution >= 0.6 is 11.6 Å². The minimum Gasteiger partial charge on any atom is -0.478 e. The van der Waals surface area contributed by atoms with Crippen LogP contribution in [-0.2, 0) is 0 Å². The lowest BCUT2D eigenvalue weighted by Gasteiger charge is -2.08. The quantitative estimate of drug-likeness (QED) is 0.894. The largest absolute Gasteiger partial charge is 0.478 e. The number of carboxylic acid groups (broad SMARTS) is 1. The van der Waals surface area contributed by atoms with Gasteiger partial charge in [0, 0.05) is 10.6 Å². The van der Waals surface area contributed by atoms with Gasteiger partial charge in [-0.3, -0.25) is 0 Å². The highest BCUT2D eigenvalue weighted by Crippen LogP contribution is 2.29. The van der Waals surface area contributed by atoms with E-state index in [4.69, 9.17) is 16.7 Å². The fraction of sp³-hybridized carbons (Fsp3) is 0. The molecule has 18 heavy (non-hydrogen) atoms. The molecule has 1 N–H and O–H groups in total. The van der Waals surface area contributed by atoms with Crippen molar-refractivity contribution in [2.24, 2.45) is 0 Å². The molecule has 0 saturated heterocycles. The Balaban J connectivity index is 2.70. The summed E-state index contributed by atoms with van der Waals surface area (Å²) in [5, 5.41) is 9.25. The van der Waals surface area contributed by atoms with Gasteiger partial charge in [0.05, 0.1) is 5.56 Å². The van der Waals surface area contributed by atoms with Gasteiger partial charge >= 0.3 is 5.97 Å². The number of hydrogen-bond donors (Lipinski definition) is 1. The lowest BCUT2D eigenvalue weighted by Crippen LogP contribution is -2.00. The summed E-state index contributed by atoms with van der Waals surface area (Å²) in [5.74, 6) is -2.59. The third-order valence-electron chi connectivity index (χ3n) is 2.43. The summed E-state index contributed by atoms with van der Waals surface area (Å²) in [4.78, 5) is 11.1. The topological polar surface area (TPSA) is 37.3 Å². The maximum Gasteiger partial charge on any atom is 0.336 e. The average Bonchev–Trinajstić information content (AvgIpc) is 2.32. The van der Waals surface area contributed by atoms with Crippen molar-refractivity contribution >= 4 is 17.6 Å². The summed E-state index contributed by atoms with van der Waals surface area (Å²) in [6.07, 6.45) is 0. The van der Waals surface area contributed by atoms with Crippen molar-refractivity contribution in [1.29, 1.82) is 0 Å². The first kappa shape index (κ1) is 12.5. The van der Waals surface area contributed by atoms with Crippen LogP contribution in [0.5, 0.6) is 0 Å². The molecule has 92 valence electrons. The van der Waals surface area contributed by atoms with E-state index in [0.717, 1.165) is 18.2 Å². The molecule has 0 atom stereocenters. The first-order chi connectivity index (χ1) is 8.49. The van der Waals surface area contributed by atoms with Crippen molar-refractivity contribution < 1.29 is 18.7 Å². The third kappa shape index (κ3) is 2.33. The Kier molecular flexibility index (Phi) is 3.30. The minimum atomic E-state index is -1.25. The van der Waals surface area contributed by atoms with Gasteiger partial charge in [0.15, 0.2) is 0 Å². The smallest absolute Gasteiger partial charge is 0.336 e. The van der Waals surface area contributed by atoms with Gasteiger partial charge in [-0.05, 0) is 35.9 Å². The molecule has 2 rings (SSSR count). The Labute approximate surface area is 106 Å². The Morgan fingerprint density at radius 2 is 1.78 bits per heavy atom. The molecule has 0 aliphatic carbocycles. The predicted molar refractivity (Wildman–Crippen MR) is 63.8 cm³/mol. The van der Waals surface area contributed by atoms with Crippen molar-refractivity contribution in [3.63, 3.8) is 0 Å². The van der Waals surface area contributed by atoms with E-state index in [0.29, 0.717) is 0 Å². The first-order valence-electron chi connectivity index (χ1n) is 4.97. The number of carboxylic acids is 1. The number of benzene rings is 2. The number of halogens is 3. The standard InChI is InChI=1S/C13H7ClF2O2/c14-7-1-3-9(11(5-7)13(17)18)10-6-8(15)2-4-12(10)16/h1-6H,(H,17,18). The van der Waals surface area contributed by atoms with Gasteiger partial charge < -0.3 is 5.11 Å². The van der Waals surface area contributed by atoms with E-state index in [-0.39, 0.29) is 21.7 Å². The first-order valence-corrected chi connectivity index (χ1v) is 5.35. The summed E-state index contributed by atoms with van der Waals surface area (Å²) < 4.78 is 26.7. The average molecular weight is 269 g/mol. The van der Waals surface area contributed by atoms with Gasteiger partial charge in [-0.2, -0.15) is 0 Å². The van der Waals surface area contributed by atoms with Crippen LogP contribution in [0, 0.1) is 11.6 Å². The van der Waals surface area contributed by atoms with Crippen LogP contribution in [0.3, 0.4) is 0 Å². The molecule has 0 aliphatic rings. The lowest BCUT2D eigenvalue weighted by molar-refractivity contribution is 0.0697. The molecule has 5 heteroatoms. The maximum atomic E-state index is 13.6. The van der Waals surface area contributed by atoms with Crippen LogP contribution in [0.25, 0.3) is 11.1 Å². The molecule has 2 aromatic rings. The highest BCUT2D eigenvalue weighted by molar-refractivity contribution is 6.31. The molecule has 0 heterocycles. The molecule has 0 aliphatic heterocycles. The summed E-state index contributed by atoms with van der Waals surface area (Å²) in [5.41, 5.74) is -0.194. The fourth-order valence-electron chi connectivity index (χ4n) is 1.63. The van der Waals surface area contributed by atoms with Crippen LogP contribution in [0.15, 0.2) is 36.4 Å². The molecule has 0 aromatic heterocycles. The van der Waals surface area contributed by atoms with Gasteiger partial charge in [-0.25, -0.2) is 13.6 Å². The summed E-state index contributed by atoms with van der Waals surface area (Å²) in [6, 6.07) is 6.84. The zero-order valence-corrected chi connectivity index (χ0v) is 9.71. The molecular weight excluding hydrogens is 262 g/mol. The van der Waals surface area contributed by atoms with E-state index in [9.17, 15) is 13.6 Å². The van der Waals surface area contributed by atoms with Crippen LogP contribution in [-0.4, -0.2) is 11.1 Å². The summed E-state index contributed by atoms with van der Waals surface area (Å²) in [7, 11) is 0. The normalized spacial score (nSPS) is 10.4. The SMILES string of the molecule is O=C(O)c1cc(Cl)ccc1-c1cc(F)ccc1F. The van der Waals surface area contributed by atoms with Crippen molar-refractivity contribution in [3.8, 4) is 11.1 Å². The fourth-order valence-corrected chi connectivity index (χ4v) is 1.80. The third-order valence-corrected chi connectivity index (χ3v) is 2.67. The second-order valence-corrected chi connectivity index (χ2v) is 4.06. The van der Waals surface area contributed by atoms with Gasteiger partial charge in [-0.15, -0.1) is 0 Å².